The highest BCUT2D eigenvalue weighted by Crippen LogP contribution is 2.18. The Morgan fingerprint density at radius 1 is 1.10 bits per heavy atom. The molecule has 0 bridgehead atoms. The predicted octanol–water partition coefficient (Wildman–Crippen LogP) is 1.04. The van der Waals surface area contributed by atoms with Crippen LogP contribution in [0.4, 0.5) is 11.5 Å². The quantitative estimate of drug-likeness (QED) is 0.664. The van der Waals surface area contributed by atoms with Gasteiger partial charge in [-0.1, -0.05) is 18.2 Å². The van der Waals surface area contributed by atoms with Crippen LogP contribution in [-0.4, -0.2) is 31.2 Å². The van der Waals surface area contributed by atoms with Gasteiger partial charge in [-0.3, -0.25) is 5.41 Å². The number of fused-ring (bicyclic) bond motifs is 1. The topological polar surface area (TPSA) is 99.7 Å². The van der Waals surface area contributed by atoms with E-state index in [-0.39, 0.29) is 12.1 Å². The van der Waals surface area contributed by atoms with Crippen LogP contribution in [0.3, 0.4) is 0 Å². The van der Waals surface area contributed by atoms with Gasteiger partial charge in [0.15, 0.2) is 11.3 Å². The number of hydrogen-bond acceptors (Lipinski definition) is 6. The first-order chi connectivity index (χ1) is 10.3. The maximum atomic E-state index is 8.99. The lowest BCUT2D eigenvalue weighted by atomic mass is 10.3. The van der Waals surface area contributed by atoms with Gasteiger partial charge in [0.25, 0.3) is 0 Å². The number of hydrogen-bond donors (Lipinski definition) is 3. The summed E-state index contributed by atoms with van der Waals surface area (Å²) in [5, 5.41) is 20.3. The highest BCUT2D eigenvalue weighted by atomic mass is 16.3. The molecule has 2 aromatic heterocycles. The number of para-hydroxylation sites is 1. The highest BCUT2D eigenvalue weighted by Gasteiger charge is 2.08. The Kier molecular flexibility index (Phi) is 3.57. The zero-order chi connectivity index (χ0) is 14.7. The molecule has 7 heteroatoms. The van der Waals surface area contributed by atoms with Crippen molar-refractivity contribution in [2.75, 3.05) is 11.9 Å². The van der Waals surface area contributed by atoms with Gasteiger partial charge < -0.3 is 15.0 Å². The van der Waals surface area contributed by atoms with E-state index in [4.69, 9.17) is 10.5 Å². The summed E-state index contributed by atoms with van der Waals surface area (Å²) in [4.78, 5) is 12.6. The van der Waals surface area contributed by atoms with E-state index in [9.17, 15) is 0 Å². The largest absolute Gasteiger partial charge is 0.395 e. The number of anilines is 2. The smallest absolute Gasteiger partial charge is 0.160 e. The van der Waals surface area contributed by atoms with E-state index in [0.29, 0.717) is 23.4 Å². The molecule has 0 aliphatic heterocycles. The van der Waals surface area contributed by atoms with E-state index in [1.54, 1.807) is 4.57 Å². The van der Waals surface area contributed by atoms with E-state index in [1.165, 1.54) is 12.7 Å². The van der Waals surface area contributed by atoms with Crippen LogP contribution >= 0.6 is 0 Å². The van der Waals surface area contributed by atoms with Crippen molar-refractivity contribution in [3.05, 3.63) is 48.5 Å². The number of aromatic nitrogens is 4. The molecular formula is C14H14N6O. The van der Waals surface area contributed by atoms with Crippen molar-refractivity contribution in [2.24, 2.45) is 0 Å². The van der Waals surface area contributed by atoms with Gasteiger partial charge in [-0.25, -0.2) is 15.0 Å². The number of aliphatic hydroxyl groups is 1. The molecule has 0 spiro atoms. The zero-order valence-corrected chi connectivity index (χ0v) is 11.2. The Hall–Kier alpha value is -2.80. The van der Waals surface area contributed by atoms with Gasteiger partial charge in [-0.2, -0.15) is 0 Å². The Morgan fingerprint density at radius 3 is 2.67 bits per heavy atom. The van der Waals surface area contributed by atoms with Crippen LogP contribution in [0.2, 0.25) is 0 Å². The Morgan fingerprint density at radius 2 is 1.90 bits per heavy atom. The molecule has 2 heterocycles. The standard InChI is InChI=1S/C14H14N6O/c15-13-11-12(18-9-20(13)6-7-21)14(17-8-16-11)19-10-4-2-1-3-5-10/h1-5,8-9,15,21H,6-7H2,(H,16,17,19). The molecule has 0 atom stereocenters. The number of nitrogens with one attached hydrogen (secondary N) is 2. The molecule has 21 heavy (non-hydrogen) atoms. The van der Waals surface area contributed by atoms with E-state index >= 15 is 0 Å². The summed E-state index contributed by atoms with van der Waals surface area (Å²) in [6, 6.07) is 9.62. The van der Waals surface area contributed by atoms with Crippen LogP contribution in [0, 0.1) is 5.41 Å². The minimum absolute atomic E-state index is 0.0516. The molecule has 7 nitrogen and oxygen atoms in total. The molecule has 0 unspecified atom stereocenters. The zero-order valence-electron chi connectivity index (χ0n) is 11.2. The SMILES string of the molecule is N=c1c2ncnc(Nc3ccccc3)c2ncn1CCO. The minimum Gasteiger partial charge on any atom is -0.395 e. The second-order valence-electron chi connectivity index (χ2n) is 4.42. The van der Waals surface area contributed by atoms with Crippen LogP contribution in [0.25, 0.3) is 11.0 Å². The molecule has 0 saturated carbocycles. The molecular weight excluding hydrogens is 268 g/mol. The Bertz CT molecular complexity index is 815. The summed E-state index contributed by atoms with van der Waals surface area (Å²) in [5.41, 5.74) is 2.06. The molecule has 0 amide bonds. The summed E-state index contributed by atoms with van der Waals surface area (Å²) in [7, 11) is 0. The number of rotatable bonds is 4. The maximum Gasteiger partial charge on any atom is 0.160 e. The van der Waals surface area contributed by atoms with Gasteiger partial charge in [0.2, 0.25) is 0 Å². The molecule has 106 valence electrons. The lowest BCUT2D eigenvalue weighted by Gasteiger charge is -2.09. The summed E-state index contributed by atoms with van der Waals surface area (Å²) in [6.45, 7) is 0.261. The third kappa shape index (κ3) is 2.59. The van der Waals surface area contributed by atoms with Crippen molar-refractivity contribution < 1.29 is 5.11 Å². The third-order valence-corrected chi connectivity index (χ3v) is 3.04. The second-order valence-corrected chi connectivity index (χ2v) is 4.42. The summed E-state index contributed by atoms with van der Waals surface area (Å²) >= 11 is 0. The monoisotopic (exact) mass is 282 g/mol. The van der Waals surface area contributed by atoms with E-state index < -0.39 is 0 Å². The van der Waals surface area contributed by atoms with Crippen molar-refractivity contribution >= 4 is 22.5 Å². The van der Waals surface area contributed by atoms with Crippen LogP contribution in [0.5, 0.6) is 0 Å². The predicted molar refractivity (Wildman–Crippen MR) is 78.0 cm³/mol. The Labute approximate surface area is 120 Å². The van der Waals surface area contributed by atoms with Crippen LogP contribution in [0.15, 0.2) is 43.0 Å². The van der Waals surface area contributed by atoms with Crippen LogP contribution < -0.4 is 10.8 Å². The third-order valence-electron chi connectivity index (χ3n) is 3.04. The lowest BCUT2D eigenvalue weighted by molar-refractivity contribution is 0.273. The summed E-state index contributed by atoms with van der Waals surface area (Å²) < 4.78 is 1.54. The van der Waals surface area contributed by atoms with Crippen molar-refractivity contribution in [3.8, 4) is 0 Å². The first kappa shape index (κ1) is 13.2. The van der Waals surface area contributed by atoms with E-state index in [2.05, 4.69) is 20.3 Å². The van der Waals surface area contributed by atoms with Crippen molar-refractivity contribution in [3.63, 3.8) is 0 Å². The number of aliphatic hydroxyl groups excluding tert-OH is 1. The van der Waals surface area contributed by atoms with Gasteiger partial charge in [0.1, 0.15) is 17.4 Å². The minimum atomic E-state index is -0.0516. The van der Waals surface area contributed by atoms with Gasteiger partial charge in [0.05, 0.1) is 12.9 Å². The van der Waals surface area contributed by atoms with Gasteiger partial charge in [0, 0.05) is 12.2 Å². The van der Waals surface area contributed by atoms with Crippen molar-refractivity contribution in [2.45, 2.75) is 6.54 Å². The first-order valence-electron chi connectivity index (χ1n) is 6.47. The van der Waals surface area contributed by atoms with Gasteiger partial charge >= 0.3 is 0 Å². The second kappa shape index (κ2) is 5.68. The normalized spacial score (nSPS) is 10.7. The molecule has 1 aromatic carbocycles. The average molecular weight is 282 g/mol. The van der Waals surface area contributed by atoms with E-state index in [1.807, 2.05) is 30.3 Å². The highest BCUT2D eigenvalue weighted by molar-refractivity contribution is 5.85. The fourth-order valence-corrected chi connectivity index (χ4v) is 2.02. The van der Waals surface area contributed by atoms with Crippen molar-refractivity contribution in [1.82, 2.24) is 19.5 Å². The lowest BCUT2D eigenvalue weighted by Crippen LogP contribution is -2.23. The molecule has 0 aliphatic rings. The fourth-order valence-electron chi connectivity index (χ4n) is 2.02. The maximum absolute atomic E-state index is 8.99. The van der Waals surface area contributed by atoms with Crippen LogP contribution in [-0.2, 0) is 6.54 Å². The molecule has 0 aliphatic carbocycles. The molecule has 0 fully saturated rings. The molecule has 3 aromatic rings. The molecule has 3 N–H and O–H groups in total. The fraction of sp³-hybridized carbons (Fsp3) is 0.143. The average Bonchev–Trinajstić information content (AvgIpc) is 2.52. The molecule has 0 radical (unpaired) electrons. The number of nitrogens with zero attached hydrogens (tertiary/aromatic N) is 4. The molecule has 3 rings (SSSR count). The van der Waals surface area contributed by atoms with Gasteiger partial charge in [-0.05, 0) is 12.1 Å². The van der Waals surface area contributed by atoms with Crippen molar-refractivity contribution in [1.29, 1.82) is 5.41 Å². The summed E-state index contributed by atoms with van der Waals surface area (Å²) in [5.74, 6) is 0.552. The first-order valence-corrected chi connectivity index (χ1v) is 6.47. The van der Waals surface area contributed by atoms with Crippen LogP contribution in [0.1, 0.15) is 0 Å². The van der Waals surface area contributed by atoms with Gasteiger partial charge in [-0.15, -0.1) is 0 Å². The van der Waals surface area contributed by atoms with E-state index in [0.717, 1.165) is 5.69 Å². The summed E-state index contributed by atoms with van der Waals surface area (Å²) in [6.07, 6.45) is 2.91. The molecule has 0 saturated heterocycles. The number of benzene rings is 1. The Balaban J connectivity index is 2.09.